The monoisotopic (exact) mass is 314 g/mol. The van der Waals surface area contributed by atoms with Gasteiger partial charge in [-0.2, -0.15) is 0 Å². The normalized spacial score (nSPS) is 11.0. The molecule has 0 saturated heterocycles. The van der Waals surface area contributed by atoms with Crippen LogP contribution in [0.4, 0.5) is 0 Å². The van der Waals surface area contributed by atoms with Crippen LogP contribution in [0.1, 0.15) is 34.7 Å². The predicted octanol–water partition coefficient (Wildman–Crippen LogP) is 3.91. The molecule has 2 rings (SSSR count). The third-order valence-corrected chi connectivity index (χ3v) is 4.31. The van der Waals surface area contributed by atoms with Crippen molar-refractivity contribution in [3.05, 3.63) is 57.6 Å². The summed E-state index contributed by atoms with van der Waals surface area (Å²) in [6.07, 6.45) is 6.45. The van der Waals surface area contributed by atoms with Gasteiger partial charge in [0.2, 0.25) is 5.91 Å². The van der Waals surface area contributed by atoms with Gasteiger partial charge >= 0.3 is 0 Å². The topological polar surface area (TPSA) is 42.0 Å². The Morgan fingerprint density at radius 3 is 2.68 bits per heavy atom. The molecular weight excluding hydrogens is 292 g/mol. The van der Waals surface area contributed by atoms with Crippen molar-refractivity contribution in [2.75, 3.05) is 6.54 Å². The number of hydrogen-bond donors (Lipinski definition) is 1. The van der Waals surface area contributed by atoms with Crippen LogP contribution in [0.15, 0.2) is 35.7 Å². The molecular formula is C18H22N2OS. The van der Waals surface area contributed by atoms with Gasteiger partial charge in [-0.25, -0.2) is 4.98 Å². The third kappa shape index (κ3) is 5.82. The average molecular weight is 314 g/mol. The molecule has 3 nitrogen and oxygen atoms in total. The molecule has 0 unspecified atom stereocenters. The van der Waals surface area contributed by atoms with Crippen molar-refractivity contribution in [2.24, 2.45) is 0 Å². The van der Waals surface area contributed by atoms with Crippen molar-refractivity contribution in [1.82, 2.24) is 10.3 Å². The van der Waals surface area contributed by atoms with Gasteiger partial charge in [-0.05, 0) is 44.7 Å². The van der Waals surface area contributed by atoms with Gasteiger partial charge in [-0.15, -0.1) is 11.3 Å². The van der Waals surface area contributed by atoms with Gasteiger partial charge in [0.05, 0.1) is 5.01 Å². The van der Waals surface area contributed by atoms with Gasteiger partial charge in [0.25, 0.3) is 0 Å². The highest BCUT2D eigenvalue weighted by Crippen LogP contribution is 2.11. The maximum Gasteiger partial charge on any atom is 0.243 e. The van der Waals surface area contributed by atoms with E-state index in [0.29, 0.717) is 6.54 Å². The number of benzene rings is 1. The van der Waals surface area contributed by atoms with Gasteiger partial charge in [0.1, 0.15) is 0 Å². The highest BCUT2D eigenvalue weighted by atomic mass is 32.1. The number of unbranched alkanes of at least 4 members (excludes halogenated alkanes) is 1. The first-order chi connectivity index (χ1) is 10.6. The number of aromatic nitrogens is 1. The zero-order valence-corrected chi connectivity index (χ0v) is 14.0. The summed E-state index contributed by atoms with van der Waals surface area (Å²) in [4.78, 5) is 16.1. The summed E-state index contributed by atoms with van der Waals surface area (Å²) in [6, 6.07) is 8.10. The molecule has 0 aliphatic carbocycles. The molecule has 0 fully saturated rings. The van der Waals surface area contributed by atoms with Crippen LogP contribution in [0.3, 0.4) is 0 Å². The van der Waals surface area contributed by atoms with E-state index in [4.69, 9.17) is 0 Å². The number of nitrogens with zero attached hydrogens (tertiary/aromatic N) is 1. The van der Waals surface area contributed by atoms with Gasteiger partial charge in [-0.1, -0.05) is 29.8 Å². The summed E-state index contributed by atoms with van der Waals surface area (Å²) in [5.41, 5.74) is 3.35. The van der Waals surface area contributed by atoms with E-state index in [1.54, 1.807) is 17.4 Å². The largest absolute Gasteiger partial charge is 0.353 e. The van der Waals surface area contributed by atoms with E-state index < -0.39 is 0 Å². The molecule has 1 amide bonds. The van der Waals surface area contributed by atoms with Crippen LogP contribution < -0.4 is 5.32 Å². The lowest BCUT2D eigenvalue weighted by Gasteiger charge is -2.01. The molecule has 0 atom stereocenters. The molecule has 0 radical (unpaired) electrons. The number of carbonyl (C=O) groups excluding carboxylic acids is 1. The number of thiazole rings is 1. The third-order valence-electron chi connectivity index (χ3n) is 3.29. The molecule has 0 aliphatic heterocycles. The predicted molar refractivity (Wildman–Crippen MR) is 93.0 cm³/mol. The Morgan fingerprint density at radius 1 is 1.23 bits per heavy atom. The van der Waals surface area contributed by atoms with Crippen molar-refractivity contribution in [2.45, 2.75) is 33.1 Å². The van der Waals surface area contributed by atoms with Gasteiger partial charge in [0.15, 0.2) is 0 Å². The van der Waals surface area contributed by atoms with Crippen molar-refractivity contribution >= 4 is 23.3 Å². The SMILES string of the molecule is Cc1ccc(/C=C/C(=O)NCCCCc2nc(C)cs2)cc1. The summed E-state index contributed by atoms with van der Waals surface area (Å²) in [6.45, 7) is 4.77. The Hall–Kier alpha value is -1.94. The Bertz CT molecular complexity index is 629. The summed E-state index contributed by atoms with van der Waals surface area (Å²) in [5.74, 6) is -0.0364. The molecule has 22 heavy (non-hydrogen) atoms. The standard InChI is InChI=1S/C18H22N2OS/c1-14-6-8-16(9-7-14)10-11-17(21)19-12-4-3-5-18-20-15(2)13-22-18/h6-11,13H,3-5,12H2,1-2H3,(H,19,21)/b11-10+. The van der Waals surface area contributed by atoms with Crippen molar-refractivity contribution in [1.29, 1.82) is 0 Å². The smallest absolute Gasteiger partial charge is 0.243 e. The number of carbonyl (C=O) groups is 1. The number of aryl methyl sites for hydroxylation is 3. The maximum atomic E-state index is 11.7. The van der Waals surface area contributed by atoms with E-state index in [0.717, 1.165) is 30.5 Å². The van der Waals surface area contributed by atoms with Crippen LogP contribution in [-0.4, -0.2) is 17.4 Å². The van der Waals surface area contributed by atoms with Crippen LogP contribution >= 0.6 is 11.3 Å². The Balaban J connectivity index is 1.62. The highest BCUT2D eigenvalue weighted by molar-refractivity contribution is 7.09. The molecule has 1 aromatic carbocycles. The van der Waals surface area contributed by atoms with Crippen LogP contribution in [0.5, 0.6) is 0 Å². The van der Waals surface area contributed by atoms with E-state index in [1.807, 2.05) is 44.2 Å². The molecule has 1 heterocycles. The number of hydrogen-bond acceptors (Lipinski definition) is 3. The summed E-state index contributed by atoms with van der Waals surface area (Å²) >= 11 is 1.71. The molecule has 2 aromatic rings. The number of amides is 1. The Morgan fingerprint density at radius 2 is 2.00 bits per heavy atom. The first kappa shape index (κ1) is 16.4. The lowest BCUT2D eigenvalue weighted by atomic mass is 10.1. The fourth-order valence-corrected chi connectivity index (χ4v) is 2.86. The molecule has 0 bridgehead atoms. The van der Waals surface area contributed by atoms with Crippen LogP contribution in [0.25, 0.3) is 6.08 Å². The number of nitrogens with one attached hydrogen (secondary N) is 1. The van der Waals surface area contributed by atoms with E-state index in [2.05, 4.69) is 15.7 Å². The van der Waals surface area contributed by atoms with Gasteiger partial charge in [-0.3, -0.25) is 4.79 Å². The van der Waals surface area contributed by atoms with Crippen LogP contribution in [0, 0.1) is 13.8 Å². The summed E-state index contributed by atoms with van der Waals surface area (Å²) in [7, 11) is 0. The number of rotatable bonds is 7. The van der Waals surface area contributed by atoms with E-state index in [9.17, 15) is 4.79 Å². The first-order valence-corrected chi connectivity index (χ1v) is 8.45. The van der Waals surface area contributed by atoms with Crippen molar-refractivity contribution in [3.8, 4) is 0 Å². The maximum absolute atomic E-state index is 11.7. The molecule has 4 heteroatoms. The second kappa shape index (κ2) is 8.49. The molecule has 1 aromatic heterocycles. The second-order valence-corrected chi connectivity index (χ2v) is 6.32. The van der Waals surface area contributed by atoms with Gasteiger partial charge < -0.3 is 5.32 Å². The summed E-state index contributed by atoms with van der Waals surface area (Å²) < 4.78 is 0. The van der Waals surface area contributed by atoms with Crippen molar-refractivity contribution < 1.29 is 4.79 Å². The van der Waals surface area contributed by atoms with Crippen LogP contribution in [0.2, 0.25) is 0 Å². The Labute approximate surface area is 136 Å². The van der Waals surface area contributed by atoms with E-state index >= 15 is 0 Å². The van der Waals surface area contributed by atoms with Crippen LogP contribution in [-0.2, 0) is 11.2 Å². The summed E-state index contributed by atoms with van der Waals surface area (Å²) in [5, 5.41) is 6.17. The quantitative estimate of drug-likeness (QED) is 0.622. The first-order valence-electron chi connectivity index (χ1n) is 7.57. The molecule has 116 valence electrons. The van der Waals surface area contributed by atoms with E-state index in [-0.39, 0.29) is 5.91 Å². The Kier molecular flexibility index (Phi) is 6.34. The van der Waals surface area contributed by atoms with Crippen molar-refractivity contribution in [3.63, 3.8) is 0 Å². The zero-order chi connectivity index (χ0) is 15.8. The molecule has 0 saturated carbocycles. The lowest BCUT2D eigenvalue weighted by molar-refractivity contribution is -0.116. The molecule has 1 N–H and O–H groups in total. The minimum Gasteiger partial charge on any atom is -0.353 e. The lowest BCUT2D eigenvalue weighted by Crippen LogP contribution is -2.22. The zero-order valence-electron chi connectivity index (χ0n) is 13.1. The minimum absolute atomic E-state index is 0.0364. The minimum atomic E-state index is -0.0364. The molecule has 0 spiro atoms. The fourth-order valence-electron chi connectivity index (χ4n) is 2.04. The second-order valence-electron chi connectivity index (χ2n) is 5.37. The van der Waals surface area contributed by atoms with E-state index in [1.165, 1.54) is 10.6 Å². The van der Waals surface area contributed by atoms with Gasteiger partial charge in [0, 0.05) is 23.7 Å². The molecule has 0 aliphatic rings. The average Bonchev–Trinajstić information content (AvgIpc) is 2.92. The fraction of sp³-hybridized carbons (Fsp3) is 0.333. The highest BCUT2D eigenvalue weighted by Gasteiger charge is 1.99.